The molecule has 22 heavy (non-hydrogen) atoms. The lowest BCUT2D eigenvalue weighted by molar-refractivity contribution is -0.123. The topological polar surface area (TPSA) is 50.3 Å². The van der Waals surface area contributed by atoms with E-state index >= 15 is 0 Å². The molecular weight excluding hydrogens is 364 g/mol. The number of amides is 2. The fourth-order valence-corrected chi connectivity index (χ4v) is 3.12. The first-order valence-electron chi connectivity index (χ1n) is 6.53. The molecular formula is C16H11BrN2O2S. The molecule has 4 nitrogen and oxygen atoms in total. The Bertz CT molecular complexity index is 745. The lowest BCUT2D eigenvalue weighted by Gasteiger charge is -2.12. The van der Waals surface area contributed by atoms with E-state index in [0.29, 0.717) is 4.91 Å². The van der Waals surface area contributed by atoms with Crippen LogP contribution in [0.25, 0.3) is 6.08 Å². The van der Waals surface area contributed by atoms with Crippen molar-refractivity contribution in [1.82, 2.24) is 9.88 Å². The van der Waals surface area contributed by atoms with Gasteiger partial charge in [0, 0.05) is 16.9 Å². The Morgan fingerprint density at radius 3 is 2.45 bits per heavy atom. The molecule has 2 amide bonds. The predicted molar refractivity (Wildman–Crippen MR) is 89.9 cm³/mol. The van der Waals surface area contributed by atoms with Crippen LogP contribution >= 0.6 is 27.7 Å². The number of imide groups is 1. The number of pyridine rings is 1. The van der Waals surface area contributed by atoms with Gasteiger partial charge in [-0.05, 0) is 53.2 Å². The second-order valence-corrected chi connectivity index (χ2v) is 6.58. The van der Waals surface area contributed by atoms with Crippen LogP contribution in [0.4, 0.5) is 4.79 Å². The van der Waals surface area contributed by atoms with E-state index in [0.717, 1.165) is 27.4 Å². The highest BCUT2D eigenvalue weighted by Crippen LogP contribution is 2.33. The second kappa shape index (κ2) is 6.46. The standard InChI is InChI=1S/C16H11BrN2O2S/c17-13-3-1-12(2-4-13)10-19-15(20)14(22-16(19)21)9-11-5-7-18-8-6-11/h1-9H,10H2/b14-9+. The van der Waals surface area contributed by atoms with Crippen molar-refractivity contribution in [2.45, 2.75) is 6.54 Å². The molecule has 3 rings (SSSR count). The van der Waals surface area contributed by atoms with E-state index in [1.54, 1.807) is 30.6 Å². The number of nitrogens with zero attached hydrogens (tertiary/aromatic N) is 2. The van der Waals surface area contributed by atoms with Gasteiger partial charge in [0.05, 0.1) is 11.4 Å². The summed E-state index contributed by atoms with van der Waals surface area (Å²) in [7, 11) is 0. The van der Waals surface area contributed by atoms with Crippen LogP contribution in [0.5, 0.6) is 0 Å². The van der Waals surface area contributed by atoms with E-state index < -0.39 is 0 Å². The second-order valence-electron chi connectivity index (χ2n) is 4.67. The summed E-state index contributed by atoms with van der Waals surface area (Å²) < 4.78 is 0.961. The van der Waals surface area contributed by atoms with Gasteiger partial charge in [0.25, 0.3) is 11.1 Å². The van der Waals surface area contributed by atoms with E-state index in [-0.39, 0.29) is 17.7 Å². The number of carbonyl (C=O) groups excluding carboxylic acids is 2. The number of rotatable bonds is 3. The van der Waals surface area contributed by atoms with Crippen LogP contribution in [0.1, 0.15) is 11.1 Å². The zero-order valence-corrected chi connectivity index (χ0v) is 13.8. The first-order chi connectivity index (χ1) is 10.6. The minimum atomic E-state index is -0.255. The Morgan fingerprint density at radius 2 is 1.77 bits per heavy atom. The zero-order chi connectivity index (χ0) is 15.5. The zero-order valence-electron chi connectivity index (χ0n) is 11.4. The first kappa shape index (κ1) is 15.0. The van der Waals surface area contributed by atoms with E-state index in [1.165, 1.54) is 4.90 Å². The van der Waals surface area contributed by atoms with Crippen molar-refractivity contribution in [3.63, 3.8) is 0 Å². The van der Waals surface area contributed by atoms with Gasteiger partial charge in [-0.3, -0.25) is 19.5 Å². The normalized spacial score (nSPS) is 16.6. The van der Waals surface area contributed by atoms with Crippen molar-refractivity contribution in [3.05, 3.63) is 69.3 Å². The van der Waals surface area contributed by atoms with Gasteiger partial charge in [-0.2, -0.15) is 0 Å². The van der Waals surface area contributed by atoms with E-state index in [4.69, 9.17) is 0 Å². The third kappa shape index (κ3) is 3.28. The molecule has 1 fully saturated rings. The van der Waals surface area contributed by atoms with Crippen LogP contribution in [0.2, 0.25) is 0 Å². The molecule has 6 heteroatoms. The molecule has 0 bridgehead atoms. The Balaban J connectivity index is 1.80. The van der Waals surface area contributed by atoms with E-state index in [2.05, 4.69) is 20.9 Å². The Morgan fingerprint density at radius 1 is 1.09 bits per heavy atom. The molecule has 1 aliphatic heterocycles. The van der Waals surface area contributed by atoms with Gasteiger partial charge in [-0.15, -0.1) is 0 Å². The average molecular weight is 375 g/mol. The van der Waals surface area contributed by atoms with Crippen molar-refractivity contribution in [1.29, 1.82) is 0 Å². The predicted octanol–water partition coefficient (Wildman–Crippen LogP) is 4.08. The summed E-state index contributed by atoms with van der Waals surface area (Å²) in [5, 5.41) is -0.242. The summed E-state index contributed by atoms with van der Waals surface area (Å²) in [4.78, 5) is 30.1. The van der Waals surface area contributed by atoms with Crippen LogP contribution in [0.3, 0.4) is 0 Å². The summed E-state index contributed by atoms with van der Waals surface area (Å²) >= 11 is 4.33. The fraction of sp³-hybridized carbons (Fsp3) is 0.0625. The molecule has 1 aromatic heterocycles. The summed E-state index contributed by atoms with van der Waals surface area (Å²) in [6, 6.07) is 11.1. The van der Waals surface area contributed by atoms with Gasteiger partial charge in [-0.25, -0.2) is 0 Å². The van der Waals surface area contributed by atoms with Gasteiger partial charge in [0.15, 0.2) is 0 Å². The van der Waals surface area contributed by atoms with Gasteiger partial charge in [-0.1, -0.05) is 28.1 Å². The van der Waals surface area contributed by atoms with Crippen molar-refractivity contribution < 1.29 is 9.59 Å². The Kier molecular flexibility index (Phi) is 4.40. The molecule has 0 unspecified atom stereocenters. The van der Waals surface area contributed by atoms with Crippen molar-refractivity contribution in [2.75, 3.05) is 0 Å². The Labute approximate surface area is 140 Å². The summed E-state index contributed by atoms with van der Waals surface area (Å²) in [6.07, 6.45) is 5.02. The van der Waals surface area contributed by atoms with Crippen molar-refractivity contribution in [3.8, 4) is 0 Å². The Hall–Kier alpha value is -1.92. The number of benzene rings is 1. The summed E-state index contributed by atoms with van der Waals surface area (Å²) in [5.41, 5.74) is 1.76. The van der Waals surface area contributed by atoms with Gasteiger partial charge >= 0.3 is 0 Å². The molecule has 1 saturated heterocycles. The smallest absolute Gasteiger partial charge is 0.268 e. The van der Waals surface area contributed by atoms with Crippen LogP contribution in [-0.2, 0) is 11.3 Å². The minimum Gasteiger partial charge on any atom is -0.268 e. The quantitative estimate of drug-likeness (QED) is 0.759. The van der Waals surface area contributed by atoms with Crippen LogP contribution in [0, 0.1) is 0 Å². The highest BCUT2D eigenvalue weighted by Gasteiger charge is 2.34. The van der Waals surface area contributed by atoms with E-state index in [1.807, 2.05) is 24.3 Å². The highest BCUT2D eigenvalue weighted by atomic mass is 79.9. The SMILES string of the molecule is O=C1S/C(=C/c2ccncc2)C(=O)N1Cc1ccc(Br)cc1. The number of carbonyl (C=O) groups is 2. The maximum Gasteiger partial charge on any atom is 0.293 e. The maximum absolute atomic E-state index is 12.4. The molecule has 1 aliphatic rings. The summed E-state index contributed by atoms with van der Waals surface area (Å²) in [5.74, 6) is -0.255. The van der Waals surface area contributed by atoms with Gasteiger partial charge in [0.2, 0.25) is 0 Å². The van der Waals surface area contributed by atoms with E-state index in [9.17, 15) is 9.59 Å². The van der Waals surface area contributed by atoms with Crippen LogP contribution < -0.4 is 0 Å². The average Bonchev–Trinajstić information content (AvgIpc) is 2.78. The molecule has 0 N–H and O–H groups in total. The number of halogens is 1. The maximum atomic E-state index is 12.4. The molecule has 0 atom stereocenters. The van der Waals surface area contributed by atoms with Crippen LogP contribution in [0.15, 0.2) is 58.2 Å². The van der Waals surface area contributed by atoms with Crippen molar-refractivity contribution in [2.24, 2.45) is 0 Å². The minimum absolute atomic E-state index is 0.242. The molecule has 2 heterocycles. The summed E-state index contributed by atoms with van der Waals surface area (Å²) in [6.45, 7) is 0.283. The molecule has 0 radical (unpaired) electrons. The first-order valence-corrected chi connectivity index (χ1v) is 8.14. The van der Waals surface area contributed by atoms with Crippen LogP contribution in [-0.4, -0.2) is 21.0 Å². The lowest BCUT2D eigenvalue weighted by atomic mass is 10.2. The largest absolute Gasteiger partial charge is 0.293 e. The monoisotopic (exact) mass is 374 g/mol. The number of aromatic nitrogens is 1. The third-order valence-electron chi connectivity index (χ3n) is 3.13. The number of thioether (sulfide) groups is 1. The molecule has 1 aromatic carbocycles. The third-order valence-corrected chi connectivity index (χ3v) is 4.57. The number of hydrogen-bond donors (Lipinski definition) is 0. The highest BCUT2D eigenvalue weighted by molar-refractivity contribution is 9.10. The molecule has 0 aliphatic carbocycles. The molecule has 2 aromatic rings. The lowest BCUT2D eigenvalue weighted by Crippen LogP contribution is -2.27. The molecule has 0 spiro atoms. The molecule has 110 valence electrons. The van der Waals surface area contributed by atoms with Gasteiger partial charge in [0.1, 0.15) is 0 Å². The van der Waals surface area contributed by atoms with Gasteiger partial charge < -0.3 is 0 Å². The number of hydrogen-bond acceptors (Lipinski definition) is 4. The van der Waals surface area contributed by atoms with Crippen molar-refractivity contribution >= 4 is 44.9 Å². The molecule has 0 saturated carbocycles. The fourth-order valence-electron chi connectivity index (χ4n) is 2.02.